The van der Waals surface area contributed by atoms with E-state index in [0.717, 1.165) is 18.8 Å². The normalized spacial score (nSPS) is 25.1. The van der Waals surface area contributed by atoms with E-state index >= 15 is 0 Å². The number of aryl methyl sites for hydroxylation is 2. The highest BCUT2D eigenvalue weighted by molar-refractivity contribution is 5.11. The number of nitrogens with zero attached hydrogens (tertiary/aromatic N) is 2. The average molecular weight is 234 g/mol. The minimum Gasteiger partial charge on any atom is -0.266 e. The lowest BCUT2D eigenvalue weighted by molar-refractivity contribution is 0.252. The molecule has 0 aliphatic heterocycles. The number of hydrogen-bond donors (Lipinski definition) is 0. The molecular formula is C15H26N2. The number of aromatic nitrogens is 2. The molecule has 0 unspecified atom stereocenters. The molecule has 0 N–H and O–H groups in total. The quantitative estimate of drug-likeness (QED) is 0.765. The van der Waals surface area contributed by atoms with Crippen LogP contribution in [0.4, 0.5) is 0 Å². The van der Waals surface area contributed by atoms with Gasteiger partial charge in [0.2, 0.25) is 0 Å². The third-order valence-corrected chi connectivity index (χ3v) is 4.33. The Morgan fingerprint density at radius 2 is 1.82 bits per heavy atom. The van der Waals surface area contributed by atoms with Gasteiger partial charge in [0.1, 0.15) is 0 Å². The average Bonchev–Trinajstić information content (AvgIpc) is 2.82. The Morgan fingerprint density at radius 1 is 1.12 bits per heavy atom. The molecule has 1 aromatic rings. The zero-order chi connectivity index (χ0) is 12.3. The molecule has 1 saturated carbocycles. The first-order valence-electron chi connectivity index (χ1n) is 7.35. The van der Waals surface area contributed by atoms with Crippen molar-refractivity contribution in [2.24, 2.45) is 5.92 Å². The first kappa shape index (κ1) is 12.7. The maximum absolute atomic E-state index is 4.79. The van der Waals surface area contributed by atoms with Gasteiger partial charge < -0.3 is 0 Å². The van der Waals surface area contributed by atoms with Crippen molar-refractivity contribution in [1.82, 2.24) is 9.78 Å². The van der Waals surface area contributed by atoms with E-state index < -0.39 is 0 Å². The topological polar surface area (TPSA) is 17.8 Å². The van der Waals surface area contributed by atoms with Crippen molar-refractivity contribution in [2.75, 3.05) is 0 Å². The highest BCUT2D eigenvalue weighted by Crippen LogP contribution is 2.34. The SMILES string of the molecule is CCc1cc(CC)n(C2CCC(CC)CC2)n1. The van der Waals surface area contributed by atoms with Crippen LogP contribution in [0.5, 0.6) is 0 Å². The maximum atomic E-state index is 4.79. The Kier molecular flexibility index (Phi) is 4.25. The Labute approximate surface area is 105 Å². The van der Waals surface area contributed by atoms with Crippen LogP contribution in [-0.4, -0.2) is 9.78 Å². The van der Waals surface area contributed by atoms with Crippen molar-refractivity contribution in [3.05, 3.63) is 17.5 Å². The van der Waals surface area contributed by atoms with Gasteiger partial charge in [0, 0.05) is 5.69 Å². The Morgan fingerprint density at radius 3 is 2.35 bits per heavy atom. The van der Waals surface area contributed by atoms with Crippen LogP contribution in [0.1, 0.15) is 70.3 Å². The Hall–Kier alpha value is -0.790. The molecule has 0 radical (unpaired) electrons. The molecular weight excluding hydrogens is 208 g/mol. The first-order valence-corrected chi connectivity index (χ1v) is 7.35. The smallest absolute Gasteiger partial charge is 0.0624 e. The summed E-state index contributed by atoms with van der Waals surface area (Å²) in [6, 6.07) is 2.97. The highest BCUT2D eigenvalue weighted by atomic mass is 15.3. The predicted octanol–water partition coefficient (Wildman–Crippen LogP) is 4.15. The van der Waals surface area contributed by atoms with Crippen LogP contribution in [0.3, 0.4) is 0 Å². The molecule has 17 heavy (non-hydrogen) atoms. The minimum atomic E-state index is 0.674. The van der Waals surface area contributed by atoms with Crippen LogP contribution in [0.2, 0.25) is 0 Å². The fourth-order valence-electron chi connectivity index (χ4n) is 3.04. The largest absolute Gasteiger partial charge is 0.266 e. The van der Waals surface area contributed by atoms with Crippen molar-refractivity contribution in [3.63, 3.8) is 0 Å². The zero-order valence-electron chi connectivity index (χ0n) is 11.6. The summed E-state index contributed by atoms with van der Waals surface area (Å²) in [4.78, 5) is 0. The van der Waals surface area contributed by atoms with Crippen LogP contribution in [0.25, 0.3) is 0 Å². The summed E-state index contributed by atoms with van der Waals surface area (Å²) >= 11 is 0. The van der Waals surface area contributed by atoms with E-state index in [1.54, 1.807) is 0 Å². The van der Waals surface area contributed by atoms with Crippen LogP contribution in [0, 0.1) is 5.92 Å². The molecule has 0 aromatic carbocycles. The molecule has 2 rings (SSSR count). The molecule has 96 valence electrons. The Balaban J connectivity index is 2.09. The fraction of sp³-hybridized carbons (Fsp3) is 0.800. The van der Waals surface area contributed by atoms with Crippen molar-refractivity contribution in [1.29, 1.82) is 0 Å². The van der Waals surface area contributed by atoms with Crippen molar-refractivity contribution in [2.45, 2.75) is 71.8 Å². The van der Waals surface area contributed by atoms with Crippen LogP contribution in [0.15, 0.2) is 6.07 Å². The standard InChI is InChI=1S/C15H26N2/c1-4-12-7-9-15(10-8-12)17-14(6-3)11-13(5-2)16-17/h11-12,15H,4-10H2,1-3H3. The second kappa shape index (κ2) is 5.70. The van der Waals surface area contributed by atoms with Crippen LogP contribution in [-0.2, 0) is 12.8 Å². The van der Waals surface area contributed by atoms with E-state index in [2.05, 4.69) is 31.5 Å². The summed E-state index contributed by atoms with van der Waals surface area (Å²) in [5.74, 6) is 0.970. The number of hydrogen-bond acceptors (Lipinski definition) is 1. The number of rotatable bonds is 4. The highest BCUT2D eigenvalue weighted by Gasteiger charge is 2.23. The minimum absolute atomic E-state index is 0.674. The summed E-state index contributed by atoms with van der Waals surface area (Å²) in [5, 5.41) is 4.79. The van der Waals surface area contributed by atoms with Crippen LogP contribution < -0.4 is 0 Å². The van der Waals surface area contributed by atoms with Crippen molar-refractivity contribution >= 4 is 0 Å². The van der Waals surface area contributed by atoms with Gasteiger partial charge in [-0.3, -0.25) is 4.68 Å². The molecule has 1 aliphatic carbocycles. The van der Waals surface area contributed by atoms with Gasteiger partial charge in [-0.05, 0) is 50.5 Å². The zero-order valence-corrected chi connectivity index (χ0v) is 11.6. The van der Waals surface area contributed by atoms with E-state index in [9.17, 15) is 0 Å². The molecule has 0 bridgehead atoms. The summed E-state index contributed by atoms with van der Waals surface area (Å²) in [6.45, 7) is 6.76. The molecule has 1 aromatic heterocycles. The maximum Gasteiger partial charge on any atom is 0.0624 e. The van der Waals surface area contributed by atoms with E-state index in [-0.39, 0.29) is 0 Å². The summed E-state index contributed by atoms with van der Waals surface area (Å²) in [5.41, 5.74) is 2.70. The third kappa shape index (κ3) is 2.72. The molecule has 1 fully saturated rings. The predicted molar refractivity (Wildman–Crippen MR) is 72.3 cm³/mol. The van der Waals surface area contributed by atoms with Crippen LogP contribution >= 0.6 is 0 Å². The van der Waals surface area contributed by atoms with Gasteiger partial charge in [-0.2, -0.15) is 5.10 Å². The lowest BCUT2D eigenvalue weighted by Crippen LogP contribution is -2.20. The first-order chi connectivity index (χ1) is 8.28. The molecule has 0 saturated heterocycles. The molecule has 1 heterocycles. The molecule has 0 amide bonds. The fourth-order valence-corrected chi connectivity index (χ4v) is 3.04. The van der Waals surface area contributed by atoms with Gasteiger partial charge in [0.15, 0.2) is 0 Å². The van der Waals surface area contributed by atoms with E-state index in [1.807, 2.05) is 0 Å². The van der Waals surface area contributed by atoms with Gasteiger partial charge in [0.25, 0.3) is 0 Å². The second-order valence-corrected chi connectivity index (χ2v) is 5.36. The lowest BCUT2D eigenvalue weighted by atomic mass is 9.84. The lowest BCUT2D eigenvalue weighted by Gasteiger charge is -2.29. The summed E-state index contributed by atoms with van der Waals surface area (Å²) in [7, 11) is 0. The van der Waals surface area contributed by atoms with Crippen molar-refractivity contribution in [3.8, 4) is 0 Å². The second-order valence-electron chi connectivity index (χ2n) is 5.36. The summed E-state index contributed by atoms with van der Waals surface area (Å²) in [6.07, 6.45) is 8.97. The Bertz CT molecular complexity index is 346. The molecule has 2 nitrogen and oxygen atoms in total. The van der Waals surface area contributed by atoms with Gasteiger partial charge in [0.05, 0.1) is 11.7 Å². The molecule has 0 atom stereocenters. The van der Waals surface area contributed by atoms with Gasteiger partial charge >= 0.3 is 0 Å². The van der Waals surface area contributed by atoms with E-state index in [0.29, 0.717) is 6.04 Å². The monoisotopic (exact) mass is 234 g/mol. The van der Waals surface area contributed by atoms with Gasteiger partial charge in [-0.1, -0.05) is 27.2 Å². The van der Waals surface area contributed by atoms with Crippen molar-refractivity contribution < 1.29 is 0 Å². The van der Waals surface area contributed by atoms with Gasteiger partial charge in [-0.25, -0.2) is 0 Å². The van der Waals surface area contributed by atoms with E-state index in [1.165, 1.54) is 43.5 Å². The van der Waals surface area contributed by atoms with Gasteiger partial charge in [-0.15, -0.1) is 0 Å². The third-order valence-electron chi connectivity index (χ3n) is 4.33. The molecule has 0 spiro atoms. The van der Waals surface area contributed by atoms with E-state index in [4.69, 9.17) is 5.10 Å². The molecule has 2 heteroatoms. The molecule has 1 aliphatic rings. The summed E-state index contributed by atoms with van der Waals surface area (Å²) < 4.78 is 2.34.